The normalized spacial score (nSPS) is 14.6. The van der Waals surface area contributed by atoms with Gasteiger partial charge in [0.1, 0.15) is 5.56 Å². The van der Waals surface area contributed by atoms with Gasteiger partial charge in [-0.3, -0.25) is 4.79 Å². The predicted molar refractivity (Wildman–Crippen MR) is 133 cm³/mol. The molecule has 1 aliphatic rings. The summed E-state index contributed by atoms with van der Waals surface area (Å²) in [7, 11) is 0. The van der Waals surface area contributed by atoms with Gasteiger partial charge in [0, 0.05) is 23.0 Å². The summed E-state index contributed by atoms with van der Waals surface area (Å²) in [6.45, 7) is 2.16. The number of aromatic amines is 1. The average Bonchev–Trinajstić information content (AvgIpc) is 2.82. The second-order valence-corrected chi connectivity index (χ2v) is 8.90. The van der Waals surface area contributed by atoms with E-state index in [2.05, 4.69) is 45.5 Å². The van der Waals surface area contributed by atoms with Crippen LogP contribution in [0, 0.1) is 0 Å². The molecule has 0 radical (unpaired) electrons. The third-order valence-corrected chi connectivity index (χ3v) is 6.60. The first-order valence-electron chi connectivity index (χ1n) is 11.0. The van der Waals surface area contributed by atoms with Crippen molar-refractivity contribution in [3.63, 3.8) is 0 Å². The number of aromatic nitrogens is 1. The molecule has 1 fully saturated rings. The molecule has 3 N–H and O–H groups in total. The summed E-state index contributed by atoms with van der Waals surface area (Å²) < 4.78 is 0. The number of fused-ring (bicyclic) bond motifs is 2. The van der Waals surface area contributed by atoms with Crippen LogP contribution < -0.4 is 15.8 Å². The predicted octanol–water partition coefficient (Wildman–Crippen LogP) is 4.79. The molecular formula is C26H24ClN3O3. The summed E-state index contributed by atoms with van der Waals surface area (Å²) in [5, 5.41) is 16.8. The van der Waals surface area contributed by atoms with Crippen LogP contribution in [0.2, 0.25) is 5.02 Å². The van der Waals surface area contributed by atoms with Gasteiger partial charge in [-0.25, -0.2) is 4.79 Å². The standard InChI is InChI=1S/C26H24ClN3O3/c27-19-7-8-22-21(14-19)24(23(26(32)33)25(31)29-22)30(20-9-11-28-12-10-20)15-16-5-6-17-3-1-2-4-18(17)13-16/h1-8,13-14,20,28H,9-12,15H2,(H,29,31)(H,32,33). The highest BCUT2D eigenvalue weighted by atomic mass is 35.5. The molecule has 0 amide bonds. The maximum Gasteiger partial charge on any atom is 0.343 e. The van der Waals surface area contributed by atoms with E-state index < -0.39 is 11.5 Å². The number of piperidine rings is 1. The SMILES string of the molecule is O=C(O)c1c(N(Cc2ccc3ccccc3c2)C2CCNCC2)c2cc(Cl)ccc2[nH]c1=O. The van der Waals surface area contributed by atoms with E-state index in [1.54, 1.807) is 18.2 Å². The first kappa shape index (κ1) is 21.5. The molecule has 0 spiro atoms. The van der Waals surface area contributed by atoms with Crippen LogP contribution in [0.5, 0.6) is 0 Å². The number of aromatic carboxylic acids is 1. The van der Waals surface area contributed by atoms with Crippen LogP contribution in [0.1, 0.15) is 28.8 Å². The average molecular weight is 462 g/mol. The lowest BCUT2D eigenvalue weighted by Crippen LogP contribution is -2.44. The molecule has 33 heavy (non-hydrogen) atoms. The van der Waals surface area contributed by atoms with Gasteiger partial charge < -0.3 is 20.3 Å². The molecule has 168 valence electrons. The number of carboxylic acid groups (broad SMARTS) is 1. The summed E-state index contributed by atoms with van der Waals surface area (Å²) in [5.74, 6) is -1.24. The largest absolute Gasteiger partial charge is 0.477 e. The second-order valence-electron chi connectivity index (χ2n) is 8.46. The van der Waals surface area contributed by atoms with Crippen LogP contribution in [0.25, 0.3) is 21.7 Å². The topological polar surface area (TPSA) is 85.4 Å². The van der Waals surface area contributed by atoms with Gasteiger partial charge in [0.25, 0.3) is 5.56 Å². The molecule has 1 aliphatic heterocycles. The summed E-state index contributed by atoms with van der Waals surface area (Å²) in [4.78, 5) is 30.0. The van der Waals surface area contributed by atoms with Gasteiger partial charge in [0.05, 0.1) is 11.2 Å². The monoisotopic (exact) mass is 461 g/mol. The van der Waals surface area contributed by atoms with Crippen molar-refractivity contribution in [2.75, 3.05) is 18.0 Å². The highest BCUT2D eigenvalue weighted by molar-refractivity contribution is 6.31. The Morgan fingerprint density at radius 3 is 2.55 bits per heavy atom. The Balaban J connectivity index is 1.72. The number of pyridine rings is 1. The summed E-state index contributed by atoms with van der Waals surface area (Å²) in [5.41, 5.74) is 1.21. The number of carboxylic acids is 1. The number of anilines is 1. The fraction of sp³-hybridized carbons (Fsp3) is 0.231. The number of nitrogens with zero attached hydrogens (tertiary/aromatic N) is 1. The minimum absolute atomic E-state index is 0.0831. The minimum atomic E-state index is -1.24. The number of nitrogens with one attached hydrogen (secondary N) is 2. The lowest BCUT2D eigenvalue weighted by molar-refractivity contribution is 0.0695. The molecule has 4 aromatic rings. The van der Waals surface area contributed by atoms with Crippen LogP contribution >= 0.6 is 11.6 Å². The second kappa shape index (κ2) is 8.89. The fourth-order valence-corrected chi connectivity index (χ4v) is 4.96. The Hall–Kier alpha value is -3.35. The zero-order valence-corrected chi connectivity index (χ0v) is 18.7. The highest BCUT2D eigenvalue weighted by Gasteiger charge is 2.29. The van der Waals surface area contributed by atoms with E-state index in [0.29, 0.717) is 28.2 Å². The van der Waals surface area contributed by atoms with Crippen molar-refractivity contribution in [3.8, 4) is 0 Å². The molecular weight excluding hydrogens is 438 g/mol. The molecule has 3 aromatic carbocycles. The van der Waals surface area contributed by atoms with E-state index in [-0.39, 0.29) is 11.6 Å². The van der Waals surface area contributed by atoms with Crippen molar-refractivity contribution in [3.05, 3.63) is 87.2 Å². The molecule has 1 saturated heterocycles. The Morgan fingerprint density at radius 2 is 1.79 bits per heavy atom. The van der Waals surface area contributed by atoms with E-state index >= 15 is 0 Å². The molecule has 0 unspecified atom stereocenters. The van der Waals surface area contributed by atoms with E-state index in [0.717, 1.165) is 42.3 Å². The third-order valence-electron chi connectivity index (χ3n) is 6.37. The molecule has 1 aromatic heterocycles. The summed E-state index contributed by atoms with van der Waals surface area (Å²) >= 11 is 6.31. The molecule has 5 rings (SSSR count). The Bertz CT molecular complexity index is 1410. The number of carbonyl (C=O) groups is 1. The quantitative estimate of drug-likeness (QED) is 0.398. The van der Waals surface area contributed by atoms with Crippen molar-refractivity contribution in [1.82, 2.24) is 10.3 Å². The van der Waals surface area contributed by atoms with Crippen molar-refractivity contribution in [1.29, 1.82) is 0 Å². The zero-order valence-electron chi connectivity index (χ0n) is 18.0. The Labute approximate surface area is 195 Å². The van der Waals surface area contributed by atoms with E-state index in [9.17, 15) is 14.7 Å². The van der Waals surface area contributed by atoms with E-state index in [1.165, 1.54) is 0 Å². The molecule has 6 nitrogen and oxygen atoms in total. The molecule has 7 heteroatoms. The van der Waals surface area contributed by atoms with Crippen molar-refractivity contribution >= 4 is 44.9 Å². The molecule has 0 saturated carbocycles. The number of benzene rings is 3. The molecule has 0 bridgehead atoms. The van der Waals surface area contributed by atoms with Crippen LogP contribution in [0.3, 0.4) is 0 Å². The zero-order chi connectivity index (χ0) is 22.9. The van der Waals surface area contributed by atoms with Gasteiger partial charge in [0.2, 0.25) is 0 Å². The van der Waals surface area contributed by atoms with Gasteiger partial charge >= 0.3 is 5.97 Å². The summed E-state index contributed by atoms with van der Waals surface area (Å²) in [6.07, 6.45) is 1.70. The Morgan fingerprint density at radius 1 is 1.03 bits per heavy atom. The highest BCUT2D eigenvalue weighted by Crippen LogP contribution is 2.34. The number of hydrogen-bond acceptors (Lipinski definition) is 4. The first-order valence-corrected chi connectivity index (χ1v) is 11.4. The van der Waals surface area contributed by atoms with Crippen LogP contribution in [-0.2, 0) is 6.54 Å². The molecule has 0 atom stereocenters. The van der Waals surface area contributed by atoms with Crippen molar-refractivity contribution in [2.45, 2.75) is 25.4 Å². The number of hydrogen-bond donors (Lipinski definition) is 3. The minimum Gasteiger partial charge on any atom is -0.477 e. The maximum absolute atomic E-state index is 12.9. The van der Waals surface area contributed by atoms with Crippen molar-refractivity contribution in [2.24, 2.45) is 0 Å². The van der Waals surface area contributed by atoms with Gasteiger partial charge in [-0.1, -0.05) is 48.0 Å². The van der Waals surface area contributed by atoms with Crippen LogP contribution in [0.4, 0.5) is 5.69 Å². The lowest BCUT2D eigenvalue weighted by atomic mass is 9.98. The van der Waals surface area contributed by atoms with Gasteiger partial charge in [-0.05, 0) is 66.5 Å². The number of H-pyrrole nitrogens is 1. The van der Waals surface area contributed by atoms with Gasteiger partial charge in [-0.2, -0.15) is 0 Å². The van der Waals surface area contributed by atoms with E-state index in [1.807, 2.05) is 12.1 Å². The molecule has 0 aliphatic carbocycles. The number of rotatable bonds is 5. The van der Waals surface area contributed by atoms with Crippen molar-refractivity contribution < 1.29 is 9.90 Å². The third kappa shape index (κ3) is 4.19. The summed E-state index contributed by atoms with van der Waals surface area (Å²) in [6, 6.07) is 19.7. The van der Waals surface area contributed by atoms with Gasteiger partial charge in [0.15, 0.2) is 0 Å². The lowest BCUT2D eigenvalue weighted by Gasteiger charge is -2.37. The Kier molecular flexibility index (Phi) is 5.79. The van der Waals surface area contributed by atoms with Crippen LogP contribution in [0.15, 0.2) is 65.5 Å². The number of halogens is 1. The van der Waals surface area contributed by atoms with Gasteiger partial charge in [-0.15, -0.1) is 0 Å². The maximum atomic E-state index is 12.9. The van der Waals surface area contributed by atoms with E-state index in [4.69, 9.17) is 11.6 Å². The molecule has 2 heterocycles. The smallest absolute Gasteiger partial charge is 0.343 e. The fourth-order valence-electron chi connectivity index (χ4n) is 4.79. The van der Waals surface area contributed by atoms with Crippen LogP contribution in [-0.4, -0.2) is 35.2 Å². The first-order chi connectivity index (χ1) is 16.0.